The van der Waals surface area contributed by atoms with Crippen LogP contribution in [0.1, 0.15) is 75.8 Å². The Morgan fingerprint density at radius 1 is 1.02 bits per heavy atom. The van der Waals surface area contributed by atoms with Crippen LogP contribution < -0.4 is 21.1 Å². The molecule has 220 valence electrons. The van der Waals surface area contributed by atoms with Gasteiger partial charge in [-0.3, -0.25) is 4.79 Å². The van der Waals surface area contributed by atoms with Crippen LogP contribution in [0.15, 0.2) is 63.8 Å². The SMILES string of the molecule is CC.Cc1cc(C(C)Nc2ccccc2-c2ccc3c(c2)COB3O)c2oc(N3CCC(C)(C)CC3)c(C)c(=O)c2c1. The number of aryl methyl sites for hydroxylation is 1. The molecule has 1 atom stereocenters. The molecule has 0 radical (unpaired) electrons. The molecule has 0 spiro atoms. The number of para-hydroxylation sites is 1. The quantitative estimate of drug-likeness (QED) is 0.251. The van der Waals surface area contributed by atoms with Gasteiger partial charge in [-0.05, 0) is 79.4 Å². The second-order valence-corrected chi connectivity index (χ2v) is 12.2. The summed E-state index contributed by atoms with van der Waals surface area (Å²) >= 11 is 0. The van der Waals surface area contributed by atoms with Crippen LogP contribution in [0.25, 0.3) is 22.1 Å². The van der Waals surface area contributed by atoms with Crippen molar-refractivity contribution >= 4 is 35.1 Å². The zero-order valence-electron chi connectivity index (χ0n) is 26.0. The van der Waals surface area contributed by atoms with Crippen LogP contribution in [-0.4, -0.2) is 25.2 Å². The van der Waals surface area contributed by atoms with Crippen LogP contribution in [0.3, 0.4) is 0 Å². The van der Waals surface area contributed by atoms with Crippen molar-refractivity contribution in [3.63, 3.8) is 0 Å². The number of hydrogen-bond acceptors (Lipinski definition) is 6. The van der Waals surface area contributed by atoms with E-state index in [-0.39, 0.29) is 11.5 Å². The number of anilines is 2. The van der Waals surface area contributed by atoms with E-state index in [1.165, 1.54) is 0 Å². The molecular weight excluding hydrogens is 523 g/mol. The van der Waals surface area contributed by atoms with Crippen molar-refractivity contribution in [2.45, 2.75) is 74.0 Å². The fraction of sp³-hybridized carbons (Fsp3) is 0.400. The van der Waals surface area contributed by atoms with Crippen molar-refractivity contribution in [2.24, 2.45) is 5.41 Å². The molecule has 0 amide bonds. The van der Waals surface area contributed by atoms with Crippen molar-refractivity contribution < 1.29 is 14.1 Å². The summed E-state index contributed by atoms with van der Waals surface area (Å²) in [5.41, 5.74) is 8.60. The first-order chi connectivity index (χ1) is 20.1. The predicted molar refractivity (Wildman–Crippen MR) is 175 cm³/mol. The molecule has 1 saturated heterocycles. The second-order valence-electron chi connectivity index (χ2n) is 12.2. The van der Waals surface area contributed by atoms with Crippen LogP contribution in [0.2, 0.25) is 0 Å². The van der Waals surface area contributed by atoms with E-state index in [4.69, 9.17) is 9.07 Å². The van der Waals surface area contributed by atoms with Crippen molar-refractivity contribution in [1.82, 2.24) is 0 Å². The van der Waals surface area contributed by atoms with Crippen LogP contribution in [0.5, 0.6) is 0 Å². The van der Waals surface area contributed by atoms with Gasteiger partial charge in [-0.15, -0.1) is 0 Å². The van der Waals surface area contributed by atoms with Crippen LogP contribution in [-0.2, 0) is 11.3 Å². The minimum Gasteiger partial charge on any atom is -0.440 e. The highest BCUT2D eigenvalue weighted by Gasteiger charge is 2.29. The van der Waals surface area contributed by atoms with Gasteiger partial charge < -0.3 is 24.3 Å². The number of nitrogens with zero attached hydrogens (tertiary/aromatic N) is 1. The normalized spacial score (nSPS) is 16.6. The fourth-order valence-corrected chi connectivity index (χ4v) is 6.06. The van der Waals surface area contributed by atoms with Crippen molar-refractivity contribution in [3.05, 3.63) is 87.1 Å². The molecule has 6 nitrogen and oxygen atoms in total. The number of nitrogens with one attached hydrogen (secondary N) is 1. The van der Waals surface area contributed by atoms with Gasteiger partial charge in [-0.25, -0.2) is 0 Å². The third-order valence-corrected chi connectivity index (χ3v) is 8.65. The van der Waals surface area contributed by atoms with Gasteiger partial charge in [-0.2, -0.15) is 0 Å². The molecule has 42 heavy (non-hydrogen) atoms. The van der Waals surface area contributed by atoms with Gasteiger partial charge in [0.1, 0.15) is 5.58 Å². The highest BCUT2D eigenvalue weighted by molar-refractivity contribution is 6.61. The van der Waals surface area contributed by atoms with Crippen molar-refractivity contribution in [3.8, 4) is 11.1 Å². The summed E-state index contributed by atoms with van der Waals surface area (Å²) in [5, 5.41) is 14.4. The number of hydrogen-bond donors (Lipinski definition) is 2. The van der Waals surface area contributed by atoms with Gasteiger partial charge >= 0.3 is 7.12 Å². The summed E-state index contributed by atoms with van der Waals surface area (Å²) in [5.74, 6) is 0.702. The minimum absolute atomic E-state index is 0.0428. The highest BCUT2D eigenvalue weighted by atomic mass is 16.5. The maximum atomic E-state index is 13.6. The molecule has 2 aliphatic rings. The van der Waals surface area contributed by atoms with Crippen molar-refractivity contribution in [2.75, 3.05) is 23.3 Å². The monoisotopic (exact) mass is 566 g/mol. The van der Waals surface area contributed by atoms with Gasteiger partial charge in [0, 0.05) is 29.9 Å². The minimum atomic E-state index is -0.855. The Morgan fingerprint density at radius 3 is 2.48 bits per heavy atom. The Hall–Kier alpha value is -3.55. The molecule has 1 unspecified atom stereocenters. The Bertz CT molecular complexity index is 1650. The topological polar surface area (TPSA) is 74.9 Å². The largest absolute Gasteiger partial charge is 0.491 e. The zero-order chi connectivity index (χ0) is 30.2. The van der Waals surface area contributed by atoms with Crippen LogP contribution >= 0.6 is 0 Å². The number of rotatable bonds is 5. The van der Waals surface area contributed by atoms with Gasteiger partial charge in [0.15, 0.2) is 5.43 Å². The van der Waals surface area contributed by atoms with Crippen molar-refractivity contribution in [1.29, 1.82) is 0 Å². The third kappa shape index (κ3) is 5.73. The molecule has 2 N–H and O–H groups in total. The van der Waals surface area contributed by atoms with Gasteiger partial charge in [0.05, 0.1) is 23.6 Å². The number of fused-ring (bicyclic) bond motifs is 2. The standard InChI is InChI=1S/C33H37BN2O4.C2H6/c1-20-16-26(31-27(17-20)30(37)21(2)32(40-31)36-14-12-33(4,5)13-15-36)22(3)35-29-9-7-6-8-25(29)23-10-11-28-24(18-23)19-39-34(28)38;1-2/h6-11,16-18,22,35,38H,12-15,19H2,1-5H3;1-2H3. The molecule has 0 aliphatic carbocycles. The molecule has 7 heteroatoms. The molecule has 4 aromatic rings. The first kappa shape index (κ1) is 29.9. The van der Waals surface area contributed by atoms with E-state index in [1.807, 2.05) is 58.0 Å². The van der Waals surface area contributed by atoms with E-state index in [1.54, 1.807) is 0 Å². The lowest BCUT2D eigenvalue weighted by atomic mass is 9.79. The van der Waals surface area contributed by atoms with E-state index in [0.29, 0.717) is 34.4 Å². The summed E-state index contributed by atoms with van der Waals surface area (Å²) in [6.45, 7) is 16.8. The Morgan fingerprint density at radius 2 is 1.74 bits per heavy atom. The molecule has 1 aromatic heterocycles. The predicted octanol–water partition coefficient (Wildman–Crippen LogP) is 7.12. The molecule has 3 aromatic carbocycles. The smallest absolute Gasteiger partial charge is 0.440 e. The fourth-order valence-electron chi connectivity index (χ4n) is 6.06. The molecule has 6 rings (SSSR count). The summed E-state index contributed by atoms with van der Waals surface area (Å²) in [4.78, 5) is 15.9. The summed E-state index contributed by atoms with van der Waals surface area (Å²) in [7, 11) is -0.855. The molecule has 0 bridgehead atoms. The van der Waals surface area contributed by atoms with E-state index in [9.17, 15) is 9.82 Å². The number of benzene rings is 3. The molecule has 2 aliphatic heterocycles. The first-order valence-corrected chi connectivity index (χ1v) is 15.2. The molecule has 1 fully saturated rings. The van der Waals surface area contributed by atoms with Crippen LogP contribution in [0.4, 0.5) is 11.6 Å². The summed E-state index contributed by atoms with van der Waals surface area (Å²) in [6.07, 6.45) is 2.13. The lowest BCUT2D eigenvalue weighted by Crippen LogP contribution is -2.38. The zero-order valence-corrected chi connectivity index (χ0v) is 26.0. The van der Waals surface area contributed by atoms with Gasteiger partial charge in [-0.1, -0.05) is 64.1 Å². The Labute approximate surface area is 249 Å². The first-order valence-electron chi connectivity index (χ1n) is 15.2. The lowest BCUT2D eigenvalue weighted by Gasteiger charge is -2.37. The average Bonchev–Trinajstić information content (AvgIpc) is 3.36. The van der Waals surface area contributed by atoms with E-state index < -0.39 is 7.12 Å². The maximum Gasteiger partial charge on any atom is 0.491 e. The molecule has 3 heterocycles. The van der Waals surface area contributed by atoms with Gasteiger partial charge in [0.25, 0.3) is 0 Å². The van der Waals surface area contributed by atoms with E-state index in [2.05, 4.69) is 55.3 Å². The number of piperidine rings is 1. The second kappa shape index (κ2) is 12.0. The molecular formula is C35H43BN2O4. The van der Waals surface area contributed by atoms with Crippen LogP contribution in [0, 0.1) is 19.3 Å². The average molecular weight is 567 g/mol. The summed E-state index contributed by atoms with van der Waals surface area (Å²) in [6, 6.07) is 18.2. The Kier molecular flexibility index (Phi) is 8.54. The molecule has 0 saturated carbocycles. The Balaban J connectivity index is 0.00000173. The summed E-state index contributed by atoms with van der Waals surface area (Å²) < 4.78 is 12.1. The maximum absolute atomic E-state index is 13.6. The van der Waals surface area contributed by atoms with E-state index >= 15 is 0 Å². The lowest BCUT2D eigenvalue weighted by molar-refractivity contribution is 0.274. The van der Waals surface area contributed by atoms with Gasteiger partial charge in [0.2, 0.25) is 5.88 Å². The highest BCUT2D eigenvalue weighted by Crippen LogP contribution is 2.37. The third-order valence-electron chi connectivity index (χ3n) is 8.65. The van der Waals surface area contributed by atoms with E-state index in [0.717, 1.165) is 64.9 Å².